The molecule has 8 rings (SSSR count). The molecule has 7 atom stereocenters. The Kier molecular flexibility index (Phi) is 28.5. The first-order valence-corrected chi connectivity index (χ1v) is 26.3. The van der Waals surface area contributed by atoms with Crippen LogP contribution in [0.25, 0.3) is 0 Å². The van der Waals surface area contributed by atoms with Crippen LogP contribution in [0.2, 0.25) is 0 Å². The molecule has 0 radical (unpaired) electrons. The van der Waals surface area contributed by atoms with E-state index in [2.05, 4.69) is 60.7 Å². The van der Waals surface area contributed by atoms with Crippen LogP contribution in [0.4, 0.5) is 0 Å². The highest BCUT2D eigenvalue weighted by molar-refractivity contribution is 5.87. The molecule has 2 fully saturated rings. The van der Waals surface area contributed by atoms with Crippen molar-refractivity contribution in [2.45, 2.75) is 137 Å². The number of nitrogens with zero attached hydrogens (tertiary/aromatic N) is 1. The number of likely N-dealkylation sites (tertiary alicyclic amines) is 1. The Morgan fingerprint density at radius 2 is 0.932 bits per heavy atom. The van der Waals surface area contributed by atoms with Crippen LogP contribution in [-0.4, -0.2) is 61.0 Å². The highest BCUT2D eigenvalue weighted by atomic mass is 16.6. The minimum Gasteiger partial charge on any atom is -0.469 e. The van der Waals surface area contributed by atoms with Gasteiger partial charge in [0.2, 0.25) is 5.91 Å². The van der Waals surface area contributed by atoms with E-state index in [1.165, 1.54) is 7.11 Å². The number of amides is 1. The van der Waals surface area contributed by atoms with E-state index in [4.69, 9.17) is 28.4 Å². The van der Waals surface area contributed by atoms with Crippen LogP contribution in [0.3, 0.4) is 0 Å². The normalized spacial score (nSPS) is 19.8. The van der Waals surface area contributed by atoms with Gasteiger partial charge in [0.1, 0.15) is 24.4 Å². The molecule has 2 heterocycles. The van der Waals surface area contributed by atoms with Crippen LogP contribution in [0.15, 0.2) is 194 Å². The van der Waals surface area contributed by atoms with E-state index in [0.29, 0.717) is 52.4 Å². The first kappa shape index (κ1) is 59.4. The molecule has 2 saturated heterocycles. The van der Waals surface area contributed by atoms with Crippen LogP contribution >= 0.6 is 0 Å². The van der Waals surface area contributed by atoms with Crippen molar-refractivity contribution in [1.29, 1.82) is 0 Å². The smallest absolute Gasteiger partial charge is 0.305 e. The second-order valence-corrected chi connectivity index (χ2v) is 16.8. The Hall–Kier alpha value is -6.20. The molecule has 73 heavy (non-hydrogen) atoms. The summed E-state index contributed by atoms with van der Waals surface area (Å²) in [4.78, 5) is 26.0. The van der Waals surface area contributed by atoms with Crippen LogP contribution < -0.4 is 0 Å². The third-order valence-corrected chi connectivity index (χ3v) is 12.1. The molecule has 2 aliphatic rings. The molecule has 9 nitrogen and oxygen atoms in total. The van der Waals surface area contributed by atoms with Gasteiger partial charge in [-0.1, -0.05) is 236 Å². The zero-order valence-corrected chi connectivity index (χ0v) is 44.6. The van der Waals surface area contributed by atoms with Gasteiger partial charge in [-0.25, -0.2) is 0 Å². The highest BCUT2D eigenvalue weighted by Crippen LogP contribution is 2.43. The van der Waals surface area contributed by atoms with Gasteiger partial charge >= 0.3 is 5.97 Å². The van der Waals surface area contributed by atoms with Crippen molar-refractivity contribution in [1.82, 2.24) is 4.90 Å². The molecule has 0 N–H and O–H groups in total. The van der Waals surface area contributed by atoms with E-state index >= 15 is 0 Å². The number of allylic oxidation sites excluding steroid dienone is 1. The molecule has 0 bridgehead atoms. The standard InChI is InChI=1S/C38H42O5.C20H21NO3.3C2H6/c1-2-3-24-34-36(40-26-31-18-10-5-11-19-31)38(42-28-33-22-14-7-15-23-33)37(41-27-32-20-12-6-13-21-32)35(43-34)29-39-25-30-16-8-4-9-17-30;1-24-18(22)13-12-17-19(16-10-6-3-7-11-16)21(20(17)23)14-15-8-4-2-5-9-15;3*1-2/h2-23,34-38H,24-29H2,1H3;2-11,17,19H,12-14H2,1H3;3*1-2H3/b3-2+;;;;/t34-,35+,36-,37+,38+;17-,19-;;;/m01.../s1. The van der Waals surface area contributed by atoms with E-state index in [0.717, 1.165) is 33.4 Å². The van der Waals surface area contributed by atoms with Gasteiger partial charge in [-0.3, -0.25) is 9.59 Å². The minimum atomic E-state index is -0.415. The van der Waals surface area contributed by atoms with Gasteiger partial charge < -0.3 is 33.3 Å². The first-order chi connectivity index (χ1) is 36.0. The summed E-state index contributed by atoms with van der Waals surface area (Å²) in [7, 11) is 1.38. The lowest BCUT2D eigenvalue weighted by Crippen LogP contribution is -2.61. The fourth-order valence-electron chi connectivity index (χ4n) is 8.64. The number of hydrogen-bond donors (Lipinski definition) is 0. The number of esters is 1. The van der Waals surface area contributed by atoms with Crippen molar-refractivity contribution >= 4 is 11.9 Å². The highest BCUT2D eigenvalue weighted by Gasteiger charge is 2.49. The third-order valence-electron chi connectivity index (χ3n) is 12.1. The van der Waals surface area contributed by atoms with Crippen LogP contribution in [-0.2, 0) is 71.0 Å². The molecule has 1 amide bonds. The quantitative estimate of drug-likeness (QED) is 0.0400. The van der Waals surface area contributed by atoms with Crippen molar-refractivity contribution in [2.24, 2.45) is 5.92 Å². The summed E-state index contributed by atoms with van der Waals surface area (Å²) >= 11 is 0. The lowest BCUT2D eigenvalue weighted by molar-refractivity contribution is -0.271. The molecule has 0 aromatic heterocycles. The Morgan fingerprint density at radius 1 is 0.534 bits per heavy atom. The van der Waals surface area contributed by atoms with Gasteiger partial charge in [0.25, 0.3) is 0 Å². The number of benzene rings is 6. The predicted octanol–water partition coefficient (Wildman–Crippen LogP) is 14.1. The molecular formula is C64H81NO8. The van der Waals surface area contributed by atoms with Crippen LogP contribution in [0, 0.1) is 5.92 Å². The van der Waals surface area contributed by atoms with E-state index in [-0.39, 0.29) is 54.7 Å². The Bertz CT molecular complexity index is 2350. The molecule has 6 aromatic carbocycles. The number of ether oxygens (including phenoxy) is 6. The van der Waals surface area contributed by atoms with E-state index < -0.39 is 6.10 Å². The van der Waals surface area contributed by atoms with Gasteiger partial charge in [0, 0.05) is 13.0 Å². The molecule has 0 unspecified atom stereocenters. The van der Waals surface area contributed by atoms with Crippen molar-refractivity contribution in [3.05, 3.63) is 228 Å². The summed E-state index contributed by atoms with van der Waals surface area (Å²) < 4.78 is 37.9. The molecule has 2 aliphatic heterocycles. The van der Waals surface area contributed by atoms with Crippen LogP contribution in [0.5, 0.6) is 0 Å². The SMILES string of the molecule is C/C=C/C[C@@H]1O[C@H](COCc2ccccc2)[C@@H](OCc2ccccc2)[C@H](OCc2ccccc2)[C@H]1OCc1ccccc1.CC.CC.CC.COC(=O)CC[C@H]1C(=O)N(Cc2ccccc2)[C@@H]1c1ccccc1. The average Bonchev–Trinajstić information content (AvgIpc) is 3.47. The molecule has 6 aromatic rings. The number of carbonyl (C=O) groups excluding carboxylic acids is 2. The van der Waals surface area contributed by atoms with Crippen molar-refractivity contribution in [3.8, 4) is 0 Å². The average molecular weight is 992 g/mol. The van der Waals surface area contributed by atoms with Gasteiger partial charge in [-0.15, -0.1) is 0 Å². The Labute approximate surface area is 437 Å². The summed E-state index contributed by atoms with van der Waals surface area (Å²) in [6.45, 7) is 16.8. The zero-order chi connectivity index (χ0) is 52.5. The lowest BCUT2D eigenvalue weighted by atomic mass is 9.79. The number of rotatable bonds is 21. The molecule has 0 aliphatic carbocycles. The van der Waals surface area contributed by atoms with E-state index in [9.17, 15) is 9.59 Å². The second kappa shape index (κ2) is 35.0. The maximum absolute atomic E-state index is 12.6. The summed E-state index contributed by atoms with van der Waals surface area (Å²) in [5, 5.41) is 0. The summed E-state index contributed by atoms with van der Waals surface area (Å²) in [5.41, 5.74) is 6.63. The van der Waals surface area contributed by atoms with Gasteiger partial charge in [0.15, 0.2) is 0 Å². The third kappa shape index (κ3) is 19.3. The molecule has 0 saturated carbocycles. The van der Waals surface area contributed by atoms with Crippen molar-refractivity contribution in [2.75, 3.05) is 13.7 Å². The fraction of sp³-hybridized carbons (Fsp3) is 0.375. The van der Waals surface area contributed by atoms with E-state index in [1.54, 1.807) is 0 Å². The van der Waals surface area contributed by atoms with E-state index in [1.807, 2.05) is 187 Å². The zero-order valence-electron chi connectivity index (χ0n) is 44.6. The molecule has 0 spiro atoms. The van der Waals surface area contributed by atoms with Gasteiger partial charge in [-0.2, -0.15) is 0 Å². The monoisotopic (exact) mass is 992 g/mol. The maximum Gasteiger partial charge on any atom is 0.305 e. The van der Waals surface area contributed by atoms with Gasteiger partial charge in [0.05, 0.1) is 58.2 Å². The molecule has 390 valence electrons. The molecule has 9 heteroatoms. The number of β-lactam (4-membered cyclic amide) rings is 1. The number of methoxy groups -OCH3 is 1. The van der Waals surface area contributed by atoms with Crippen LogP contribution in [0.1, 0.15) is 107 Å². The Balaban J connectivity index is 0.000000325. The van der Waals surface area contributed by atoms with Crippen molar-refractivity contribution in [3.63, 3.8) is 0 Å². The topological polar surface area (TPSA) is 92.8 Å². The summed E-state index contributed by atoms with van der Waals surface area (Å²) in [6.07, 6.45) is 3.94. The summed E-state index contributed by atoms with van der Waals surface area (Å²) in [6, 6.07) is 60.9. The maximum atomic E-state index is 12.6. The number of hydrogen-bond acceptors (Lipinski definition) is 8. The second-order valence-electron chi connectivity index (χ2n) is 16.8. The lowest BCUT2D eigenvalue weighted by Gasteiger charge is -2.47. The number of carbonyl (C=O) groups is 2. The predicted molar refractivity (Wildman–Crippen MR) is 294 cm³/mol. The van der Waals surface area contributed by atoms with Gasteiger partial charge in [-0.05, 0) is 53.1 Å². The Morgan fingerprint density at radius 3 is 1.37 bits per heavy atom. The largest absolute Gasteiger partial charge is 0.469 e. The summed E-state index contributed by atoms with van der Waals surface area (Å²) in [5.74, 6) is -0.317. The van der Waals surface area contributed by atoms with Crippen molar-refractivity contribution < 1.29 is 38.0 Å². The molecular weight excluding hydrogens is 911 g/mol. The first-order valence-electron chi connectivity index (χ1n) is 26.3. The fourth-order valence-corrected chi connectivity index (χ4v) is 8.64. The minimum absolute atomic E-state index is 0.0172.